The molecular formula is C27H29ClFN3O6S. The first-order valence-electron chi connectivity index (χ1n) is 12.5. The predicted molar refractivity (Wildman–Crippen MR) is 144 cm³/mol. The van der Waals surface area contributed by atoms with Gasteiger partial charge in [0.1, 0.15) is 12.4 Å². The van der Waals surface area contributed by atoms with Crippen LogP contribution in [0.5, 0.6) is 0 Å². The highest BCUT2D eigenvalue weighted by Gasteiger charge is 2.31. The third-order valence-corrected chi connectivity index (χ3v) is 8.16. The van der Waals surface area contributed by atoms with Crippen LogP contribution in [0.1, 0.15) is 17.2 Å². The number of carboxylic acid groups (broad SMARTS) is 2. The van der Waals surface area contributed by atoms with Crippen molar-refractivity contribution < 1.29 is 33.7 Å². The van der Waals surface area contributed by atoms with Gasteiger partial charge in [0, 0.05) is 72.3 Å². The molecule has 3 aliphatic rings. The molecule has 12 heteroatoms. The molecule has 3 heterocycles. The molecule has 0 spiro atoms. The monoisotopic (exact) mass is 577 g/mol. The summed E-state index contributed by atoms with van der Waals surface area (Å²) in [6, 6.07) is 11.4. The van der Waals surface area contributed by atoms with Gasteiger partial charge in [-0.05, 0) is 47.9 Å². The summed E-state index contributed by atoms with van der Waals surface area (Å²) < 4.78 is 19.1. The number of piperazine rings is 1. The van der Waals surface area contributed by atoms with Gasteiger partial charge in [-0.3, -0.25) is 9.80 Å². The van der Waals surface area contributed by atoms with Gasteiger partial charge in [-0.2, -0.15) is 0 Å². The van der Waals surface area contributed by atoms with Crippen LogP contribution < -0.4 is 0 Å². The van der Waals surface area contributed by atoms with E-state index in [1.54, 1.807) is 28.8 Å². The fraction of sp³-hybridized carbons (Fsp3) is 0.370. The van der Waals surface area contributed by atoms with Crippen molar-refractivity contribution in [3.63, 3.8) is 0 Å². The lowest BCUT2D eigenvalue weighted by Gasteiger charge is -2.40. The number of carboxylic acids is 2. The number of carbonyl (C=O) groups is 3. The van der Waals surface area contributed by atoms with E-state index >= 15 is 0 Å². The Hall–Kier alpha value is -3.12. The van der Waals surface area contributed by atoms with E-state index in [-0.39, 0.29) is 18.0 Å². The number of amides is 1. The molecule has 0 bridgehead atoms. The van der Waals surface area contributed by atoms with Gasteiger partial charge in [0.05, 0.1) is 6.54 Å². The molecular weight excluding hydrogens is 549 g/mol. The van der Waals surface area contributed by atoms with E-state index < -0.39 is 11.9 Å². The van der Waals surface area contributed by atoms with Crippen molar-refractivity contribution in [2.24, 2.45) is 0 Å². The highest BCUT2D eigenvalue weighted by Crippen LogP contribution is 2.44. The number of rotatable bonds is 6. The SMILES string of the molecule is O=C(O)C=CC(=O)O.O=C1OCCN1CCN1CCN(C2Cc3cc(Cl)ccc3Sc3cc(F)ccc32)CC1. The van der Waals surface area contributed by atoms with E-state index in [4.69, 9.17) is 26.6 Å². The highest BCUT2D eigenvalue weighted by molar-refractivity contribution is 7.99. The molecule has 0 aromatic heterocycles. The van der Waals surface area contributed by atoms with Gasteiger partial charge in [-0.25, -0.2) is 18.8 Å². The van der Waals surface area contributed by atoms with Gasteiger partial charge in [0.2, 0.25) is 0 Å². The summed E-state index contributed by atoms with van der Waals surface area (Å²) in [4.78, 5) is 39.6. The Labute approximate surface area is 234 Å². The largest absolute Gasteiger partial charge is 0.478 e. The van der Waals surface area contributed by atoms with E-state index in [9.17, 15) is 18.8 Å². The number of nitrogens with zero attached hydrogens (tertiary/aromatic N) is 3. The topological polar surface area (TPSA) is 111 Å². The average molecular weight is 578 g/mol. The molecule has 2 saturated heterocycles. The van der Waals surface area contributed by atoms with Crippen molar-refractivity contribution in [1.29, 1.82) is 0 Å². The molecule has 2 N–H and O–H groups in total. The zero-order valence-electron chi connectivity index (χ0n) is 21.1. The average Bonchev–Trinajstić information content (AvgIpc) is 3.24. The van der Waals surface area contributed by atoms with Gasteiger partial charge >= 0.3 is 18.0 Å². The maximum absolute atomic E-state index is 14.0. The second kappa shape index (κ2) is 13.3. The number of hydrogen-bond acceptors (Lipinski definition) is 7. The number of hydrogen-bond donors (Lipinski definition) is 2. The van der Waals surface area contributed by atoms with Gasteiger partial charge in [-0.1, -0.05) is 29.4 Å². The van der Waals surface area contributed by atoms with Gasteiger partial charge in [-0.15, -0.1) is 0 Å². The number of halogens is 2. The molecule has 1 atom stereocenters. The van der Waals surface area contributed by atoms with Crippen LogP contribution >= 0.6 is 23.4 Å². The van der Waals surface area contributed by atoms with E-state index in [2.05, 4.69) is 9.80 Å². The third kappa shape index (κ3) is 7.95. The number of fused-ring (bicyclic) bond motifs is 2. The van der Waals surface area contributed by atoms with Crippen LogP contribution in [0.4, 0.5) is 9.18 Å². The third-order valence-electron chi connectivity index (χ3n) is 6.74. The molecule has 2 aromatic carbocycles. The Morgan fingerprint density at radius 3 is 2.36 bits per heavy atom. The second-order valence-electron chi connectivity index (χ2n) is 9.25. The first-order chi connectivity index (χ1) is 18.7. The molecule has 0 saturated carbocycles. The normalized spacial score (nSPS) is 19.5. The lowest BCUT2D eigenvalue weighted by molar-refractivity contribution is -0.134. The summed E-state index contributed by atoms with van der Waals surface area (Å²) in [5.74, 6) is -2.72. The van der Waals surface area contributed by atoms with Crippen molar-refractivity contribution in [2.45, 2.75) is 22.3 Å². The van der Waals surface area contributed by atoms with Crippen molar-refractivity contribution in [2.75, 3.05) is 52.4 Å². The quantitative estimate of drug-likeness (QED) is 0.492. The molecule has 1 unspecified atom stereocenters. The summed E-state index contributed by atoms with van der Waals surface area (Å²) in [5.41, 5.74) is 2.40. The van der Waals surface area contributed by atoms with Crippen molar-refractivity contribution in [3.8, 4) is 0 Å². The van der Waals surface area contributed by atoms with E-state index in [1.165, 1.54) is 11.1 Å². The van der Waals surface area contributed by atoms with E-state index in [1.807, 2.05) is 24.3 Å². The highest BCUT2D eigenvalue weighted by atomic mass is 35.5. The minimum absolute atomic E-state index is 0.193. The molecule has 0 radical (unpaired) electrons. The zero-order valence-corrected chi connectivity index (χ0v) is 22.7. The minimum Gasteiger partial charge on any atom is -0.478 e. The number of aliphatic carboxylic acids is 2. The van der Waals surface area contributed by atoms with E-state index in [0.717, 1.165) is 54.0 Å². The minimum atomic E-state index is -1.26. The maximum atomic E-state index is 14.0. The Morgan fingerprint density at radius 1 is 1.00 bits per heavy atom. The Morgan fingerprint density at radius 2 is 1.72 bits per heavy atom. The molecule has 0 aliphatic carbocycles. The van der Waals surface area contributed by atoms with Crippen LogP contribution in [0.2, 0.25) is 5.02 Å². The number of ether oxygens (including phenoxy) is 1. The second-order valence-corrected chi connectivity index (χ2v) is 10.8. The fourth-order valence-electron chi connectivity index (χ4n) is 4.77. The predicted octanol–water partition coefficient (Wildman–Crippen LogP) is 4.01. The first-order valence-corrected chi connectivity index (χ1v) is 13.7. The molecule has 5 rings (SSSR count). The van der Waals surface area contributed by atoms with Crippen LogP contribution in [0, 0.1) is 5.82 Å². The van der Waals surface area contributed by atoms with Crippen LogP contribution in [0.25, 0.3) is 0 Å². The summed E-state index contributed by atoms with van der Waals surface area (Å²) in [7, 11) is 0. The Balaban J connectivity index is 0.000000386. The summed E-state index contributed by atoms with van der Waals surface area (Å²) in [6.45, 7) is 6.54. The van der Waals surface area contributed by atoms with Gasteiger partial charge < -0.3 is 19.8 Å². The number of benzene rings is 2. The lowest BCUT2D eigenvalue weighted by atomic mass is 9.96. The lowest BCUT2D eigenvalue weighted by Crippen LogP contribution is -2.49. The number of carbonyl (C=O) groups excluding carboxylic acids is 1. The van der Waals surface area contributed by atoms with Crippen molar-refractivity contribution in [3.05, 3.63) is 70.5 Å². The molecule has 39 heavy (non-hydrogen) atoms. The molecule has 2 aromatic rings. The van der Waals surface area contributed by atoms with Crippen LogP contribution in [-0.4, -0.2) is 95.4 Å². The standard InChI is InChI=1S/C23H25ClFN3O2S.C4H4O4/c24-17-1-4-21-16(13-17)14-20(19-3-2-18(25)15-22(19)31-21)27-8-5-26(6-9-27)7-10-28-11-12-30-23(28)29;5-3(6)1-2-4(7)8/h1-4,13,15,20H,5-12,14H2;1-2H,(H,5,6)(H,7,8). The first kappa shape index (κ1) is 28.9. The number of cyclic esters (lactones) is 1. The fourth-order valence-corrected chi connectivity index (χ4v) is 6.11. The molecule has 9 nitrogen and oxygen atoms in total. The van der Waals surface area contributed by atoms with E-state index in [0.29, 0.717) is 31.8 Å². The molecule has 2 fully saturated rings. The Kier molecular flexibility index (Phi) is 9.84. The van der Waals surface area contributed by atoms with Crippen molar-refractivity contribution >= 4 is 41.4 Å². The molecule has 208 valence electrons. The summed E-state index contributed by atoms with van der Waals surface area (Å²) >= 11 is 7.92. The Bertz CT molecular complexity index is 1240. The van der Waals surface area contributed by atoms with Gasteiger partial charge in [0.25, 0.3) is 0 Å². The van der Waals surface area contributed by atoms with Crippen LogP contribution in [0.3, 0.4) is 0 Å². The van der Waals surface area contributed by atoms with Gasteiger partial charge in [0.15, 0.2) is 0 Å². The summed E-state index contributed by atoms with van der Waals surface area (Å²) in [5, 5.41) is 16.4. The zero-order chi connectivity index (χ0) is 27.9. The van der Waals surface area contributed by atoms with Crippen LogP contribution in [-0.2, 0) is 20.7 Å². The smallest absolute Gasteiger partial charge is 0.409 e. The summed E-state index contributed by atoms with van der Waals surface area (Å²) in [6.07, 6.45) is 1.78. The molecule has 3 aliphatic heterocycles. The van der Waals surface area contributed by atoms with Crippen molar-refractivity contribution in [1.82, 2.24) is 14.7 Å². The molecule has 1 amide bonds. The maximum Gasteiger partial charge on any atom is 0.409 e. The van der Waals surface area contributed by atoms with Crippen LogP contribution in [0.15, 0.2) is 58.3 Å².